The summed E-state index contributed by atoms with van der Waals surface area (Å²) in [5.41, 5.74) is 11.0. The Labute approximate surface area is 125 Å². The number of carbonyl (C=O) groups excluding carboxylic acids is 1. The Morgan fingerprint density at radius 1 is 1.29 bits per heavy atom. The van der Waals surface area contributed by atoms with Crippen LogP contribution in [0.2, 0.25) is 0 Å². The highest BCUT2D eigenvalue weighted by atomic mass is 16.2. The molecule has 0 aromatic heterocycles. The third-order valence-corrected chi connectivity index (χ3v) is 4.19. The molecule has 2 aromatic rings. The zero-order chi connectivity index (χ0) is 15.0. The molecule has 3 nitrogen and oxygen atoms in total. The van der Waals surface area contributed by atoms with Crippen molar-refractivity contribution in [1.29, 1.82) is 0 Å². The lowest BCUT2D eigenvalue weighted by molar-refractivity contribution is -0.118. The Morgan fingerprint density at radius 3 is 2.81 bits per heavy atom. The molecule has 0 bridgehead atoms. The molecule has 3 rings (SSSR count). The van der Waals surface area contributed by atoms with Crippen molar-refractivity contribution in [1.82, 2.24) is 0 Å². The molecule has 21 heavy (non-hydrogen) atoms. The number of nitrogens with two attached hydrogens (primary N) is 1. The molecule has 1 aliphatic rings. The number of hydrogen-bond acceptors (Lipinski definition) is 2. The average Bonchev–Trinajstić information content (AvgIpc) is 2.76. The number of aryl methyl sites for hydroxylation is 1. The highest BCUT2D eigenvalue weighted by Gasteiger charge is 2.30. The molecule has 0 saturated heterocycles. The van der Waals surface area contributed by atoms with Gasteiger partial charge in [0, 0.05) is 17.4 Å². The van der Waals surface area contributed by atoms with Crippen molar-refractivity contribution in [3.63, 3.8) is 0 Å². The van der Waals surface area contributed by atoms with Crippen molar-refractivity contribution in [2.75, 3.05) is 10.6 Å². The van der Waals surface area contributed by atoms with Gasteiger partial charge in [0.2, 0.25) is 5.91 Å². The first-order valence-electron chi connectivity index (χ1n) is 7.31. The molecule has 1 atom stereocenters. The highest BCUT2D eigenvalue weighted by molar-refractivity contribution is 5.97. The van der Waals surface area contributed by atoms with Crippen molar-refractivity contribution < 1.29 is 4.79 Å². The van der Waals surface area contributed by atoms with Gasteiger partial charge in [0.1, 0.15) is 0 Å². The van der Waals surface area contributed by atoms with Crippen molar-refractivity contribution in [3.05, 3.63) is 59.2 Å². The van der Waals surface area contributed by atoms with Crippen LogP contribution in [0.3, 0.4) is 0 Å². The van der Waals surface area contributed by atoms with Gasteiger partial charge in [-0.2, -0.15) is 0 Å². The largest absolute Gasteiger partial charge is 0.399 e. The molecule has 1 aliphatic heterocycles. The number of nitrogen functional groups attached to an aromatic ring is 1. The van der Waals surface area contributed by atoms with Gasteiger partial charge in [-0.1, -0.05) is 24.3 Å². The van der Waals surface area contributed by atoms with E-state index < -0.39 is 0 Å². The van der Waals surface area contributed by atoms with Gasteiger partial charge in [0.15, 0.2) is 0 Å². The summed E-state index contributed by atoms with van der Waals surface area (Å²) in [4.78, 5) is 14.6. The third-order valence-electron chi connectivity index (χ3n) is 4.19. The van der Waals surface area contributed by atoms with Gasteiger partial charge in [-0.3, -0.25) is 4.79 Å². The summed E-state index contributed by atoms with van der Waals surface area (Å²) in [5, 5.41) is 0. The summed E-state index contributed by atoms with van der Waals surface area (Å²) >= 11 is 0. The second-order valence-corrected chi connectivity index (χ2v) is 5.81. The molecule has 108 valence electrons. The summed E-state index contributed by atoms with van der Waals surface area (Å²) in [6.07, 6.45) is 1.32. The first kappa shape index (κ1) is 13.7. The zero-order valence-electron chi connectivity index (χ0n) is 12.5. The number of amides is 1. The minimum atomic E-state index is 0.153. The van der Waals surface area contributed by atoms with Crippen LogP contribution in [0.25, 0.3) is 0 Å². The van der Waals surface area contributed by atoms with E-state index >= 15 is 0 Å². The van der Waals surface area contributed by atoms with E-state index in [1.54, 1.807) is 0 Å². The first-order valence-corrected chi connectivity index (χ1v) is 7.31. The summed E-state index contributed by atoms with van der Waals surface area (Å²) in [6.45, 7) is 4.14. The standard InChI is InChI=1S/C18H20N2O/c1-12-5-3-4-6-14(12)11-18(21)20-13(2)9-15-10-16(19)7-8-17(15)20/h3-8,10,13H,9,11,19H2,1-2H3. The van der Waals surface area contributed by atoms with Gasteiger partial charge in [0.25, 0.3) is 0 Å². The van der Waals surface area contributed by atoms with E-state index in [9.17, 15) is 4.79 Å². The van der Waals surface area contributed by atoms with E-state index in [4.69, 9.17) is 5.73 Å². The third kappa shape index (κ3) is 2.51. The van der Waals surface area contributed by atoms with Crippen molar-refractivity contribution >= 4 is 17.3 Å². The van der Waals surface area contributed by atoms with Crippen LogP contribution in [0.5, 0.6) is 0 Å². The fraction of sp³-hybridized carbons (Fsp3) is 0.278. The lowest BCUT2D eigenvalue weighted by Gasteiger charge is -2.23. The number of hydrogen-bond donors (Lipinski definition) is 1. The van der Waals surface area contributed by atoms with E-state index in [-0.39, 0.29) is 11.9 Å². The average molecular weight is 280 g/mol. The number of nitrogens with zero attached hydrogens (tertiary/aromatic N) is 1. The van der Waals surface area contributed by atoms with Crippen LogP contribution in [0.15, 0.2) is 42.5 Å². The van der Waals surface area contributed by atoms with Gasteiger partial charge in [-0.05, 0) is 55.2 Å². The van der Waals surface area contributed by atoms with E-state index in [0.717, 1.165) is 28.9 Å². The molecule has 1 heterocycles. The predicted octanol–water partition coefficient (Wildman–Crippen LogP) is 3.10. The molecule has 0 aliphatic carbocycles. The number of fused-ring (bicyclic) bond motifs is 1. The molecule has 0 saturated carbocycles. The van der Waals surface area contributed by atoms with Crippen molar-refractivity contribution in [2.45, 2.75) is 32.7 Å². The lowest BCUT2D eigenvalue weighted by Crippen LogP contribution is -2.36. The summed E-state index contributed by atoms with van der Waals surface area (Å²) in [5.74, 6) is 0.153. The van der Waals surface area contributed by atoms with E-state index in [0.29, 0.717) is 6.42 Å². The molecule has 2 N–H and O–H groups in total. The van der Waals surface area contributed by atoms with Gasteiger partial charge in [-0.25, -0.2) is 0 Å². The Bertz CT molecular complexity index is 693. The van der Waals surface area contributed by atoms with Crippen LogP contribution in [0.4, 0.5) is 11.4 Å². The fourth-order valence-electron chi connectivity index (χ4n) is 3.09. The van der Waals surface area contributed by atoms with Gasteiger partial charge in [-0.15, -0.1) is 0 Å². The van der Waals surface area contributed by atoms with Gasteiger partial charge >= 0.3 is 0 Å². The maximum absolute atomic E-state index is 12.7. The molecular weight excluding hydrogens is 260 g/mol. The number of rotatable bonds is 2. The van der Waals surface area contributed by atoms with E-state index in [2.05, 4.69) is 6.92 Å². The molecule has 1 unspecified atom stereocenters. The second kappa shape index (κ2) is 5.24. The number of benzene rings is 2. The smallest absolute Gasteiger partial charge is 0.231 e. The van der Waals surface area contributed by atoms with Crippen LogP contribution in [0, 0.1) is 6.92 Å². The maximum Gasteiger partial charge on any atom is 0.231 e. The van der Waals surface area contributed by atoms with Crippen LogP contribution in [-0.4, -0.2) is 11.9 Å². The molecule has 3 heteroatoms. The topological polar surface area (TPSA) is 46.3 Å². The zero-order valence-corrected chi connectivity index (χ0v) is 12.5. The molecule has 0 spiro atoms. The van der Waals surface area contributed by atoms with Gasteiger partial charge < -0.3 is 10.6 Å². The fourth-order valence-corrected chi connectivity index (χ4v) is 3.09. The summed E-state index contributed by atoms with van der Waals surface area (Å²) in [6, 6.07) is 14.1. The first-order chi connectivity index (χ1) is 10.1. The molecule has 1 amide bonds. The monoisotopic (exact) mass is 280 g/mol. The minimum Gasteiger partial charge on any atom is -0.399 e. The number of anilines is 2. The molecule has 2 aromatic carbocycles. The van der Waals surface area contributed by atoms with Crippen LogP contribution in [-0.2, 0) is 17.6 Å². The Hall–Kier alpha value is -2.29. The highest BCUT2D eigenvalue weighted by Crippen LogP contribution is 2.34. The van der Waals surface area contributed by atoms with E-state index in [1.807, 2.05) is 54.3 Å². The van der Waals surface area contributed by atoms with Crippen LogP contribution < -0.4 is 10.6 Å². The Kier molecular flexibility index (Phi) is 3.42. The predicted molar refractivity (Wildman–Crippen MR) is 86.4 cm³/mol. The summed E-state index contributed by atoms with van der Waals surface area (Å²) < 4.78 is 0. The lowest BCUT2D eigenvalue weighted by atomic mass is 10.1. The van der Waals surface area contributed by atoms with Crippen molar-refractivity contribution in [2.24, 2.45) is 0 Å². The minimum absolute atomic E-state index is 0.153. The molecule has 0 fully saturated rings. The van der Waals surface area contributed by atoms with Crippen LogP contribution >= 0.6 is 0 Å². The SMILES string of the molecule is Cc1ccccc1CC(=O)N1c2ccc(N)cc2CC1C. The van der Waals surface area contributed by atoms with Crippen molar-refractivity contribution in [3.8, 4) is 0 Å². The Balaban J connectivity index is 1.88. The van der Waals surface area contributed by atoms with Crippen LogP contribution in [0.1, 0.15) is 23.6 Å². The second-order valence-electron chi connectivity index (χ2n) is 5.81. The Morgan fingerprint density at radius 2 is 2.05 bits per heavy atom. The van der Waals surface area contributed by atoms with Gasteiger partial charge in [0.05, 0.1) is 6.42 Å². The van der Waals surface area contributed by atoms with E-state index in [1.165, 1.54) is 5.56 Å². The quantitative estimate of drug-likeness (QED) is 0.859. The maximum atomic E-state index is 12.7. The normalized spacial score (nSPS) is 16.9. The molecular formula is C18H20N2O. The number of carbonyl (C=O) groups is 1. The summed E-state index contributed by atoms with van der Waals surface area (Å²) in [7, 11) is 0. The molecule has 0 radical (unpaired) electrons.